The number of aromatic nitrogens is 2. The zero-order chi connectivity index (χ0) is 21.1. The van der Waals surface area contributed by atoms with E-state index in [9.17, 15) is 9.59 Å². The number of thiophene rings is 1. The highest BCUT2D eigenvalue weighted by Crippen LogP contribution is 2.36. The molecule has 158 valence electrons. The first-order valence-electron chi connectivity index (χ1n) is 10.2. The summed E-state index contributed by atoms with van der Waals surface area (Å²) in [5, 5.41) is 4.18. The number of carbonyl (C=O) groups excluding carboxylic acids is 1. The summed E-state index contributed by atoms with van der Waals surface area (Å²) < 4.78 is 7.20. The summed E-state index contributed by atoms with van der Waals surface area (Å²) in [6, 6.07) is 10.1. The Labute approximate surface area is 183 Å². The SMILES string of the molecule is CCn1c(SCC(=O)NC[C@@H]2CCCO2)nc2sc(-c3ccccc3)c(C)c2c1=O. The Hall–Kier alpha value is -2.16. The van der Waals surface area contributed by atoms with Gasteiger partial charge in [-0.05, 0) is 37.8 Å². The zero-order valence-corrected chi connectivity index (χ0v) is 18.8. The molecule has 4 rings (SSSR count). The van der Waals surface area contributed by atoms with Gasteiger partial charge in [-0.2, -0.15) is 0 Å². The fourth-order valence-corrected chi connectivity index (χ4v) is 5.79. The van der Waals surface area contributed by atoms with Crippen LogP contribution in [0.2, 0.25) is 0 Å². The van der Waals surface area contributed by atoms with Crippen molar-refractivity contribution in [3.8, 4) is 10.4 Å². The second-order valence-electron chi connectivity index (χ2n) is 7.27. The largest absolute Gasteiger partial charge is 0.376 e. The standard InChI is InChI=1S/C22H25N3O3S2/c1-3-25-21(27)18-14(2)19(15-8-5-4-6-9-15)30-20(18)24-22(25)29-13-17(26)23-12-16-10-7-11-28-16/h4-6,8-9,16H,3,7,10-13H2,1-2H3,(H,23,26)/t16-/m0/s1. The van der Waals surface area contributed by atoms with Crippen LogP contribution < -0.4 is 10.9 Å². The van der Waals surface area contributed by atoms with E-state index in [0.717, 1.165) is 40.3 Å². The van der Waals surface area contributed by atoms with Gasteiger partial charge in [0.1, 0.15) is 4.83 Å². The number of fused-ring (bicyclic) bond motifs is 1. The zero-order valence-electron chi connectivity index (χ0n) is 17.1. The summed E-state index contributed by atoms with van der Waals surface area (Å²) >= 11 is 2.84. The monoisotopic (exact) mass is 443 g/mol. The summed E-state index contributed by atoms with van der Waals surface area (Å²) in [5.41, 5.74) is 2.01. The molecular formula is C22H25N3O3S2. The van der Waals surface area contributed by atoms with Crippen molar-refractivity contribution in [3.05, 3.63) is 46.2 Å². The number of rotatable bonds is 7. The molecule has 0 spiro atoms. The second kappa shape index (κ2) is 9.32. The van der Waals surface area contributed by atoms with E-state index in [2.05, 4.69) is 5.32 Å². The molecule has 2 aromatic heterocycles. The minimum absolute atomic E-state index is 0.0410. The maximum Gasteiger partial charge on any atom is 0.263 e. The molecular weight excluding hydrogens is 418 g/mol. The van der Waals surface area contributed by atoms with Gasteiger partial charge in [0.2, 0.25) is 5.91 Å². The van der Waals surface area contributed by atoms with Gasteiger partial charge in [0.05, 0.1) is 17.2 Å². The van der Waals surface area contributed by atoms with Gasteiger partial charge in [-0.25, -0.2) is 4.98 Å². The van der Waals surface area contributed by atoms with Crippen molar-refractivity contribution in [1.29, 1.82) is 0 Å². The smallest absolute Gasteiger partial charge is 0.263 e. The van der Waals surface area contributed by atoms with Gasteiger partial charge in [-0.1, -0.05) is 42.1 Å². The Morgan fingerprint density at radius 3 is 2.87 bits per heavy atom. The van der Waals surface area contributed by atoms with Crippen LogP contribution in [0.3, 0.4) is 0 Å². The molecule has 1 aliphatic heterocycles. The number of ether oxygens (including phenoxy) is 1. The summed E-state index contributed by atoms with van der Waals surface area (Å²) in [5.74, 6) is 0.153. The molecule has 1 aliphatic rings. The van der Waals surface area contributed by atoms with Crippen molar-refractivity contribution in [1.82, 2.24) is 14.9 Å². The third kappa shape index (κ3) is 4.31. The molecule has 1 amide bonds. The Kier molecular flexibility index (Phi) is 6.55. The van der Waals surface area contributed by atoms with E-state index in [0.29, 0.717) is 23.6 Å². The van der Waals surface area contributed by atoms with Crippen LogP contribution >= 0.6 is 23.1 Å². The molecule has 0 saturated carbocycles. The van der Waals surface area contributed by atoms with Crippen molar-refractivity contribution >= 4 is 39.2 Å². The average molecular weight is 444 g/mol. The van der Waals surface area contributed by atoms with E-state index in [4.69, 9.17) is 9.72 Å². The molecule has 8 heteroatoms. The van der Waals surface area contributed by atoms with E-state index in [-0.39, 0.29) is 23.3 Å². The fourth-order valence-electron chi connectivity index (χ4n) is 3.67. The molecule has 1 saturated heterocycles. The number of thioether (sulfide) groups is 1. The number of aryl methyl sites for hydroxylation is 1. The lowest BCUT2D eigenvalue weighted by Crippen LogP contribution is -2.33. The van der Waals surface area contributed by atoms with Gasteiger partial charge in [0.25, 0.3) is 5.56 Å². The van der Waals surface area contributed by atoms with E-state index >= 15 is 0 Å². The predicted octanol–water partition coefficient (Wildman–Crippen LogP) is 3.84. The Balaban J connectivity index is 1.57. The molecule has 1 fully saturated rings. The number of nitrogens with zero attached hydrogens (tertiary/aromatic N) is 2. The topological polar surface area (TPSA) is 73.2 Å². The van der Waals surface area contributed by atoms with Crippen LogP contribution in [0.4, 0.5) is 0 Å². The van der Waals surface area contributed by atoms with Crippen LogP contribution in [-0.4, -0.2) is 40.5 Å². The Bertz CT molecular complexity index is 1100. The first-order valence-corrected chi connectivity index (χ1v) is 12.0. The van der Waals surface area contributed by atoms with Gasteiger partial charge in [0.15, 0.2) is 5.16 Å². The van der Waals surface area contributed by atoms with Crippen molar-refractivity contribution in [2.75, 3.05) is 18.9 Å². The Morgan fingerprint density at radius 1 is 1.37 bits per heavy atom. The molecule has 1 N–H and O–H groups in total. The van der Waals surface area contributed by atoms with E-state index < -0.39 is 0 Å². The predicted molar refractivity (Wildman–Crippen MR) is 122 cm³/mol. The van der Waals surface area contributed by atoms with Gasteiger partial charge >= 0.3 is 0 Å². The van der Waals surface area contributed by atoms with Crippen molar-refractivity contribution in [2.24, 2.45) is 0 Å². The van der Waals surface area contributed by atoms with Crippen molar-refractivity contribution < 1.29 is 9.53 Å². The third-order valence-corrected chi connectivity index (χ3v) is 7.46. The number of carbonyl (C=O) groups is 1. The maximum atomic E-state index is 13.2. The van der Waals surface area contributed by atoms with Gasteiger partial charge in [-0.3, -0.25) is 14.2 Å². The number of benzene rings is 1. The lowest BCUT2D eigenvalue weighted by atomic mass is 10.1. The van der Waals surface area contributed by atoms with Gasteiger partial charge < -0.3 is 10.1 Å². The Morgan fingerprint density at radius 2 is 2.17 bits per heavy atom. The fraction of sp³-hybridized carbons (Fsp3) is 0.409. The molecule has 0 bridgehead atoms. The first kappa shape index (κ1) is 21.1. The minimum Gasteiger partial charge on any atom is -0.376 e. The van der Waals surface area contributed by atoms with Crippen molar-refractivity contribution in [2.45, 2.75) is 44.5 Å². The highest BCUT2D eigenvalue weighted by molar-refractivity contribution is 7.99. The normalized spacial score (nSPS) is 16.3. The molecule has 0 unspecified atom stereocenters. The number of nitrogens with one attached hydrogen (secondary N) is 1. The quantitative estimate of drug-likeness (QED) is 0.444. The van der Waals surface area contributed by atoms with E-state index in [1.54, 1.807) is 4.57 Å². The molecule has 3 aromatic rings. The minimum atomic E-state index is -0.0696. The summed E-state index contributed by atoms with van der Waals surface area (Å²) in [7, 11) is 0. The summed E-state index contributed by atoms with van der Waals surface area (Å²) in [6.45, 7) is 5.73. The lowest BCUT2D eigenvalue weighted by Gasteiger charge is -2.12. The van der Waals surface area contributed by atoms with Gasteiger partial charge in [0, 0.05) is 24.6 Å². The number of amides is 1. The molecule has 1 atom stereocenters. The van der Waals surface area contributed by atoms with Gasteiger partial charge in [-0.15, -0.1) is 11.3 Å². The summed E-state index contributed by atoms with van der Waals surface area (Å²) in [4.78, 5) is 32.0. The highest BCUT2D eigenvalue weighted by Gasteiger charge is 2.20. The average Bonchev–Trinajstić information content (AvgIpc) is 3.39. The second-order valence-corrected chi connectivity index (χ2v) is 9.22. The molecule has 30 heavy (non-hydrogen) atoms. The van der Waals surface area contributed by atoms with Crippen LogP contribution in [0.5, 0.6) is 0 Å². The van der Waals surface area contributed by atoms with Crippen LogP contribution in [0, 0.1) is 6.92 Å². The number of hydrogen-bond acceptors (Lipinski definition) is 6. The highest BCUT2D eigenvalue weighted by atomic mass is 32.2. The number of hydrogen-bond donors (Lipinski definition) is 1. The molecule has 0 aliphatic carbocycles. The summed E-state index contributed by atoms with van der Waals surface area (Å²) in [6.07, 6.45) is 2.16. The molecule has 0 radical (unpaired) electrons. The first-order chi connectivity index (χ1) is 14.6. The molecule has 1 aromatic carbocycles. The van der Waals surface area contributed by atoms with E-state index in [1.165, 1.54) is 23.1 Å². The van der Waals surface area contributed by atoms with Crippen LogP contribution in [0.25, 0.3) is 20.7 Å². The van der Waals surface area contributed by atoms with Crippen LogP contribution in [0.1, 0.15) is 25.3 Å². The lowest BCUT2D eigenvalue weighted by molar-refractivity contribution is -0.119. The van der Waals surface area contributed by atoms with Crippen LogP contribution in [0.15, 0.2) is 40.3 Å². The molecule has 3 heterocycles. The third-order valence-electron chi connectivity index (χ3n) is 5.25. The van der Waals surface area contributed by atoms with Crippen molar-refractivity contribution in [3.63, 3.8) is 0 Å². The maximum absolute atomic E-state index is 13.2. The van der Waals surface area contributed by atoms with Crippen LogP contribution in [-0.2, 0) is 16.1 Å². The van der Waals surface area contributed by atoms with E-state index in [1.807, 2.05) is 44.2 Å². The molecule has 6 nitrogen and oxygen atoms in total.